The first kappa shape index (κ1) is 16.7. The van der Waals surface area contributed by atoms with Gasteiger partial charge in [-0.1, -0.05) is 30.3 Å². The zero-order chi connectivity index (χ0) is 18.5. The Morgan fingerprint density at radius 3 is 2.69 bits per heavy atom. The first-order valence-electron chi connectivity index (χ1n) is 8.59. The second kappa shape index (κ2) is 5.90. The fourth-order valence-corrected chi connectivity index (χ4v) is 3.76. The minimum Gasteiger partial charge on any atom is -0.319 e. The van der Waals surface area contributed by atoms with Crippen LogP contribution in [0.5, 0.6) is 0 Å². The number of nitrogens with one attached hydrogen (secondary N) is 1. The summed E-state index contributed by atoms with van der Waals surface area (Å²) in [7, 11) is 0. The summed E-state index contributed by atoms with van der Waals surface area (Å²) in [6.07, 6.45) is 3.07. The third kappa shape index (κ3) is 2.48. The highest BCUT2D eigenvalue weighted by Crippen LogP contribution is 2.33. The van der Waals surface area contributed by atoms with E-state index in [1.165, 1.54) is 23.3 Å². The van der Waals surface area contributed by atoms with E-state index in [9.17, 15) is 18.4 Å². The maximum atomic E-state index is 13.9. The number of nitrogens with zero attached hydrogens (tertiary/aromatic N) is 1. The van der Waals surface area contributed by atoms with Crippen molar-refractivity contribution in [1.82, 2.24) is 10.2 Å². The standard InChI is InChI=1S/C20H18F2N2O2/c1-20(15-9-8-12-4-2-5-13(12)10-15)18(25)24(19(26)23-20)11-14-6-3-7-16(21)17(14)22/h3,6-10H,2,4-5,11H2,1H3,(H,23,26). The van der Waals surface area contributed by atoms with Gasteiger partial charge in [-0.3, -0.25) is 9.69 Å². The van der Waals surface area contributed by atoms with Crippen molar-refractivity contribution in [2.45, 2.75) is 38.3 Å². The van der Waals surface area contributed by atoms with Crippen LogP contribution in [0.25, 0.3) is 0 Å². The Labute approximate surface area is 149 Å². The number of halogens is 2. The predicted octanol–water partition coefficient (Wildman–Crippen LogP) is 3.42. The Hall–Kier alpha value is -2.76. The fourth-order valence-electron chi connectivity index (χ4n) is 3.76. The van der Waals surface area contributed by atoms with Gasteiger partial charge in [0.25, 0.3) is 5.91 Å². The van der Waals surface area contributed by atoms with E-state index >= 15 is 0 Å². The summed E-state index contributed by atoms with van der Waals surface area (Å²) >= 11 is 0. The van der Waals surface area contributed by atoms with Crippen molar-refractivity contribution in [2.24, 2.45) is 0 Å². The van der Waals surface area contributed by atoms with Crippen LogP contribution in [0.3, 0.4) is 0 Å². The molecule has 134 valence electrons. The van der Waals surface area contributed by atoms with Crippen molar-refractivity contribution in [3.63, 3.8) is 0 Å². The van der Waals surface area contributed by atoms with Crippen LogP contribution in [0.1, 0.15) is 35.6 Å². The molecule has 26 heavy (non-hydrogen) atoms. The lowest BCUT2D eigenvalue weighted by Gasteiger charge is -2.23. The van der Waals surface area contributed by atoms with E-state index in [2.05, 4.69) is 5.32 Å². The maximum Gasteiger partial charge on any atom is 0.325 e. The molecule has 2 aromatic rings. The van der Waals surface area contributed by atoms with Gasteiger partial charge in [0, 0.05) is 5.56 Å². The van der Waals surface area contributed by atoms with E-state index in [1.807, 2.05) is 18.2 Å². The molecule has 1 N–H and O–H groups in total. The van der Waals surface area contributed by atoms with Crippen molar-refractivity contribution in [2.75, 3.05) is 0 Å². The van der Waals surface area contributed by atoms with Crippen molar-refractivity contribution in [1.29, 1.82) is 0 Å². The van der Waals surface area contributed by atoms with E-state index in [1.54, 1.807) is 6.92 Å². The first-order valence-corrected chi connectivity index (χ1v) is 8.59. The van der Waals surface area contributed by atoms with E-state index in [-0.39, 0.29) is 12.1 Å². The average Bonchev–Trinajstić information content (AvgIpc) is 3.17. The van der Waals surface area contributed by atoms with Crippen LogP contribution < -0.4 is 5.32 Å². The lowest BCUT2D eigenvalue weighted by molar-refractivity contribution is -0.131. The normalized spacial score (nSPS) is 21.9. The number of carbonyl (C=O) groups excluding carboxylic acids is 2. The number of fused-ring (bicyclic) bond motifs is 1. The topological polar surface area (TPSA) is 49.4 Å². The molecular weight excluding hydrogens is 338 g/mol. The summed E-state index contributed by atoms with van der Waals surface area (Å²) in [6.45, 7) is 1.33. The van der Waals surface area contributed by atoms with Gasteiger partial charge < -0.3 is 5.32 Å². The molecule has 1 saturated heterocycles. The highest BCUT2D eigenvalue weighted by Gasteiger charge is 2.49. The minimum atomic E-state index is -1.21. The molecule has 6 heteroatoms. The molecule has 4 rings (SSSR count). The molecular formula is C20H18F2N2O2. The summed E-state index contributed by atoms with van der Waals surface area (Å²) in [4.78, 5) is 26.3. The molecule has 2 aromatic carbocycles. The zero-order valence-electron chi connectivity index (χ0n) is 14.3. The second-order valence-electron chi connectivity index (χ2n) is 7.00. The van der Waals surface area contributed by atoms with Gasteiger partial charge in [-0.05, 0) is 48.9 Å². The van der Waals surface area contributed by atoms with Crippen LogP contribution in [0, 0.1) is 11.6 Å². The third-order valence-electron chi connectivity index (χ3n) is 5.31. The molecule has 1 aliphatic heterocycles. The molecule has 0 radical (unpaired) electrons. The van der Waals surface area contributed by atoms with E-state index < -0.39 is 29.1 Å². The van der Waals surface area contributed by atoms with Gasteiger partial charge in [0.05, 0.1) is 6.54 Å². The molecule has 1 fully saturated rings. The quantitative estimate of drug-likeness (QED) is 0.857. The lowest BCUT2D eigenvalue weighted by atomic mass is 9.89. The second-order valence-corrected chi connectivity index (χ2v) is 7.00. The Balaban J connectivity index is 1.65. The lowest BCUT2D eigenvalue weighted by Crippen LogP contribution is -2.41. The van der Waals surface area contributed by atoms with Crippen molar-refractivity contribution in [3.05, 3.63) is 70.3 Å². The van der Waals surface area contributed by atoms with E-state index in [0.717, 1.165) is 30.2 Å². The molecule has 2 aliphatic rings. The van der Waals surface area contributed by atoms with E-state index in [4.69, 9.17) is 0 Å². The zero-order valence-corrected chi connectivity index (χ0v) is 14.3. The van der Waals surface area contributed by atoms with Crippen molar-refractivity contribution < 1.29 is 18.4 Å². The molecule has 0 aromatic heterocycles. The molecule has 4 nitrogen and oxygen atoms in total. The smallest absolute Gasteiger partial charge is 0.319 e. The van der Waals surface area contributed by atoms with Crippen molar-refractivity contribution >= 4 is 11.9 Å². The largest absolute Gasteiger partial charge is 0.325 e. The van der Waals surface area contributed by atoms with Gasteiger partial charge in [-0.25, -0.2) is 13.6 Å². The molecule has 1 unspecified atom stereocenters. The van der Waals surface area contributed by atoms with Gasteiger partial charge >= 0.3 is 6.03 Å². The monoisotopic (exact) mass is 356 g/mol. The van der Waals surface area contributed by atoms with Crippen LogP contribution in [-0.4, -0.2) is 16.8 Å². The van der Waals surface area contributed by atoms with Crippen LogP contribution in [0.15, 0.2) is 36.4 Å². The summed E-state index contributed by atoms with van der Waals surface area (Å²) in [5.41, 5.74) is 1.93. The van der Waals surface area contributed by atoms with Gasteiger partial charge in [0.1, 0.15) is 5.54 Å². The molecule has 3 amide bonds. The van der Waals surface area contributed by atoms with Crippen LogP contribution >= 0.6 is 0 Å². The maximum absolute atomic E-state index is 13.9. The summed E-state index contributed by atoms with van der Waals surface area (Å²) < 4.78 is 27.3. The Morgan fingerprint density at radius 1 is 1.12 bits per heavy atom. The average molecular weight is 356 g/mol. The molecule has 1 aliphatic carbocycles. The Bertz CT molecular complexity index is 928. The van der Waals surface area contributed by atoms with E-state index in [0.29, 0.717) is 5.56 Å². The predicted molar refractivity (Wildman–Crippen MR) is 91.3 cm³/mol. The number of amides is 3. The number of hydrogen-bond donors (Lipinski definition) is 1. The number of hydrogen-bond acceptors (Lipinski definition) is 2. The third-order valence-corrected chi connectivity index (χ3v) is 5.31. The number of imide groups is 1. The first-order chi connectivity index (χ1) is 12.4. The number of aryl methyl sites for hydroxylation is 2. The fraction of sp³-hybridized carbons (Fsp3) is 0.300. The molecule has 0 saturated carbocycles. The SMILES string of the molecule is CC1(c2ccc3c(c2)CCC3)NC(=O)N(Cc2cccc(F)c2F)C1=O. The van der Waals surface area contributed by atoms with Crippen LogP contribution in [-0.2, 0) is 29.7 Å². The van der Waals surface area contributed by atoms with Crippen LogP contribution in [0.4, 0.5) is 13.6 Å². The number of benzene rings is 2. The van der Waals surface area contributed by atoms with Gasteiger partial charge in [0.2, 0.25) is 0 Å². The van der Waals surface area contributed by atoms with Gasteiger partial charge in [-0.2, -0.15) is 0 Å². The highest BCUT2D eigenvalue weighted by molar-refractivity contribution is 6.07. The molecule has 1 heterocycles. The highest BCUT2D eigenvalue weighted by atomic mass is 19.2. The van der Waals surface area contributed by atoms with Gasteiger partial charge in [-0.15, -0.1) is 0 Å². The number of rotatable bonds is 3. The van der Waals surface area contributed by atoms with Crippen molar-refractivity contribution in [3.8, 4) is 0 Å². The molecule has 0 spiro atoms. The summed E-state index contributed by atoms with van der Waals surface area (Å²) in [5, 5.41) is 2.71. The minimum absolute atomic E-state index is 0.0355. The molecule has 0 bridgehead atoms. The summed E-state index contributed by atoms with van der Waals surface area (Å²) in [6, 6.07) is 8.93. The van der Waals surface area contributed by atoms with Gasteiger partial charge in [0.15, 0.2) is 11.6 Å². The number of carbonyl (C=O) groups is 2. The van der Waals surface area contributed by atoms with Crippen LogP contribution in [0.2, 0.25) is 0 Å². The Morgan fingerprint density at radius 2 is 1.88 bits per heavy atom. The number of urea groups is 1. The Kier molecular flexibility index (Phi) is 3.79. The molecule has 1 atom stereocenters. The summed E-state index contributed by atoms with van der Waals surface area (Å²) in [5.74, 6) is -2.51.